The Labute approximate surface area is 137 Å². The molecule has 0 saturated carbocycles. The highest BCUT2D eigenvalue weighted by atomic mass is 35.5. The predicted octanol–water partition coefficient (Wildman–Crippen LogP) is 3.79. The van der Waals surface area contributed by atoms with Gasteiger partial charge < -0.3 is 0 Å². The summed E-state index contributed by atoms with van der Waals surface area (Å²) in [5, 5.41) is 15.4. The number of hydrogen-bond acceptors (Lipinski definition) is 4. The number of hydrazone groups is 1. The maximum Gasteiger partial charge on any atom is 0.271 e. The second-order valence-corrected chi connectivity index (χ2v) is 5.10. The van der Waals surface area contributed by atoms with E-state index in [9.17, 15) is 14.9 Å². The van der Waals surface area contributed by atoms with Crippen LogP contribution in [-0.4, -0.2) is 16.5 Å². The van der Waals surface area contributed by atoms with E-state index < -0.39 is 10.8 Å². The van der Waals surface area contributed by atoms with Crippen LogP contribution in [0.2, 0.25) is 5.02 Å². The van der Waals surface area contributed by atoms with E-state index in [4.69, 9.17) is 11.6 Å². The third kappa shape index (κ3) is 4.37. The number of amides is 1. The van der Waals surface area contributed by atoms with Crippen LogP contribution < -0.4 is 5.43 Å². The molecule has 1 N–H and O–H groups in total. The molecule has 0 aromatic heterocycles. The molecule has 6 nitrogen and oxygen atoms in total. The number of non-ortho nitro benzene ring substituents is 1. The summed E-state index contributed by atoms with van der Waals surface area (Å²) in [5.74, 6) is -0.506. The molecule has 2 aromatic carbocycles. The van der Waals surface area contributed by atoms with Gasteiger partial charge in [0, 0.05) is 22.7 Å². The van der Waals surface area contributed by atoms with Gasteiger partial charge in [0.25, 0.3) is 11.6 Å². The molecular weight excluding hydrogens is 318 g/mol. The van der Waals surface area contributed by atoms with E-state index in [-0.39, 0.29) is 11.3 Å². The fraction of sp³-hybridized carbons (Fsp3) is 0.125. The van der Waals surface area contributed by atoms with Crippen molar-refractivity contribution in [3.63, 3.8) is 0 Å². The molecule has 0 aliphatic carbocycles. The Morgan fingerprint density at radius 3 is 2.52 bits per heavy atom. The van der Waals surface area contributed by atoms with Crippen molar-refractivity contribution in [3.8, 4) is 0 Å². The number of nitro groups is 1. The summed E-state index contributed by atoms with van der Waals surface area (Å²) in [6.07, 6.45) is 0.608. The maximum absolute atomic E-state index is 12.1. The molecule has 0 bridgehead atoms. The number of nitro benzene ring substituents is 1. The highest BCUT2D eigenvalue weighted by Gasteiger charge is 2.11. The monoisotopic (exact) mass is 331 g/mol. The fourth-order valence-corrected chi connectivity index (χ4v) is 2.06. The van der Waals surface area contributed by atoms with Gasteiger partial charge in [0.1, 0.15) is 0 Å². The van der Waals surface area contributed by atoms with Gasteiger partial charge in [0.2, 0.25) is 0 Å². The van der Waals surface area contributed by atoms with Gasteiger partial charge >= 0.3 is 0 Å². The molecule has 2 rings (SSSR count). The lowest BCUT2D eigenvalue weighted by Crippen LogP contribution is -2.20. The first-order valence-corrected chi connectivity index (χ1v) is 7.26. The molecule has 0 saturated heterocycles. The topological polar surface area (TPSA) is 84.6 Å². The number of benzene rings is 2. The molecule has 23 heavy (non-hydrogen) atoms. The van der Waals surface area contributed by atoms with Crippen LogP contribution in [0.4, 0.5) is 5.69 Å². The number of halogens is 1. The first kappa shape index (κ1) is 16.6. The number of carbonyl (C=O) groups is 1. The average molecular weight is 332 g/mol. The summed E-state index contributed by atoms with van der Waals surface area (Å²) in [6, 6.07) is 12.6. The van der Waals surface area contributed by atoms with Crippen LogP contribution >= 0.6 is 11.6 Å². The number of carbonyl (C=O) groups excluding carboxylic acids is 1. The Hall–Kier alpha value is -2.73. The zero-order chi connectivity index (χ0) is 16.8. The van der Waals surface area contributed by atoms with Crippen LogP contribution in [0.25, 0.3) is 0 Å². The van der Waals surface area contributed by atoms with Crippen LogP contribution in [0.5, 0.6) is 0 Å². The Kier molecular flexibility index (Phi) is 5.43. The molecule has 0 aliphatic rings. The van der Waals surface area contributed by atoms with Crippen LogP contribution in [0.1, 0.15) is 29.3 Å². The molecule has 2 aromatic rings. The van der Waals surface area contributed by atoms with Gasteiger partial charge in [-0.05, 0) is 30.2 Å². The maximum atomic E-state index is 12.1. The number of hydrogen-bond donors (Lipinski definition) is 1. The van der Waals surface area contributed by atoms with Crippen molar-refractivity contribution >= 4 is 28.9 Å². The van der Waals surface area contributed by atoms with E-state index in [1.807, 2.05) is 19.1 Å². The number of nitrogens with one attached hydrogen (secondary N) is 1. The molecule has 1 amide bonds. The quantitative estimate of drug-likeness (QED) is 0.514. The van der Waals surface area contributed by atoms with Crippen molar-refractivity contribution < 1.29 is 9.72 Å². The van der Waals surface area contributed by atoms with Crippen molar-refractivity contribution in [3.05, 3.63) is 74.8 Å². The van der Waals surface area contributed by atoms with Crippen molar-refractivity contribution in [2.75, 3.05) is 0 Å². The third-order valence-electron chi connectivity index (χ3n) is 3.12. The summed E-state index contributed by atoms with van der Waals surface area (Å²) in [5.41, 5.74) is 3.98. The third-order valence-corrected chi connectivity index (χ3v) is 3.38. The number of rotatable bonds is 5. The SMILES string of the molecule is CCC(=NNC(=O)c1cccc([N+](=O)[O-])c1)c1ccc(Cl)cc1. The highest BCUT2D eigenvalue weighted by Crippen LogP contribution is 2.14. The van der Waals surface area contributed by atoms with E-state index >= 15 is 0 Å². The van der Waals surface area contributed by atoms with E-state index in [0.29, 0.717) is 17.2 Å². The van der Waals surface area contributed by atoms with E-state index in [2.05, 4.69) is 10.5 Å². The van der Waals surface area contributed by atoms with Crippen LogP contribution in [0, 0.1) is 10.1 Å². The van der Waals surface area contributed by atoms with Gasteiger partial charge in [-0.3, -0.25) is 14.9 Å². The van der Waals surface area contributed by atoms with E-state index in [1.165, 1.54) is 24.3 Å². The zero-order valence-electron chi connectivity index (χ0n) is 12.3. The molecule has 0 fully saturated rings. The molecule has 7 heteroatoms. The molecule has 0 radical (unpaired) electrons. The fourth-order valence-electron chi connectivity index (χ4n) is 1.93. The summed E-state index contributed by atoms with van der Waals surface area (Å²) in [6.45, 7) is 1.91. The summed E-state index contributed by atoms with van der Waals surface area (Å²) >= 11 is 5.84. The average Bonchev–Trinajstić information content (AvgIpc) is 2.56. The Morgan fingerprint density at radius 2 is 1.91 bits per heavy atom. The van der Waals surface area contributed by atoms with Gasteiger partial charge in [0.15, 0.2) is 0 Å². The lowest BCUT2D eigenvalue weighted by molar-refractivity contribution is -0.384. The predicted molar refractivity (Wildman–Crippen MR) is 88.8 cm³/mol. The molecule has 0 atom stereocenters. The Morgan fingerprint density at radius 1 is 1.22 bits per heavy atom. The normalized spacial score (nSPS) is 11.1. The van der Waals surface area contributed by atoms with Crippen LogP contribution in [0.15, 0.2) is 53.6 Å². The first-order valence-electron chi connectivity index (χ1n) is 6.88. The lowest BCUT2D eigenvalue weighted by Gasteiger charge is -2.05. The Balaban J connectivity index is 2.16. The second kappa shape index (κ2) is 7.51. The van der Waals surface area contributed by atoms with Crippen molar-refractivity contribution in [2.45, 2.75) is 13.3 Å². The van der Waals surface area contributed by atoms with Crippen molar-refractivity contribution in [1.29, 1.82) is 0 Å². The molecule has 0 spiro atoms. The molecular formula is C16H14ClN3O3. The van der Waals surface area contributed by atoms with Gasteiger partial charge in [-0.25, -0.2) is 5.43 Å². The standard InChI is InChI=1S/C16H14ClN3O3/c1-2-15(11-6-8-13(17)9-7-11)18-19-16(21)12-4-3-5-14(10-12)20(22)23/h3-10H,2H2,1H3,(H,19,21). The van der Waals surface area contributed by atoms with Gasteiger partial charge in [-0.15, -0.1) is 0 Å². The largest absolute Gasteiger partial charge is 0.271 e. The summed E-state index contributed by atoms with van der Waals surface area (Å²) < 4.78 is 0. The minimum atomic E-state index is -0.550. The van der Waals surface area contributed by atoms with Crippen molar-refractivity contribution in [2.24, 2.45) is 5.10 Å². The van der Waals surface area contributed by atoms with Crippen molar-refractivity contribution in [1.82, 2.24) is 5.43 Å². The van der Waals surface area contributed by atoms with E-state index in [0.717, 1.165) is 5.56 Å². The minimum absolute atomic E-state index is 0.143. The number of nitrogens with zero attached hydrogens (tertiary/aromatic N) is 2. The summed E-state index contributed by atoms with van der Waals surface area (Å²) in [7, 11) is 0. The summed E-state index contributed by atoms with van der Waals surface area (Å²) in [4.78, 5) is 22.2. The van der Waals surface area contributed by atoms with Gasteiger partial charge in [-0.2, -0.15) is 5.10 Å². The Bertz CT molecular complexity index is 757. The minimum Gasteiger partial charge on any atom is -0.267 e. The molecule has 0 heterocycles. The van der Waals surface area contributed by atoms with Crippen LogP contribution in [0.3, 0.4) is 0 Å². The van der Waals surface area contributed by atoms with Gasteiger partial charge in [-0.1, -0.05) is 36.7 Å². The highest BCUT2D eigenvalue weighted by molar-refractivity contribution is 6.30. The van der Waals surface area contributed by atoms with Gasteiger partial charge in [0.05, 0.1) is 10.6 Å². The first-order chi connectivity index (χ1) is 11.0. The lowest BCUT2D eigenvalue weighted by atomic mass is 10.1. The zero-order valence-corrected chi connectivity index (χ0v) is 13.1. The molecule has 0 unspecified atom stereocenters. The second-order valence-electron chi connectivity index (χ2n) is 4.67. The molecule has 118 valence electrons. The van der Waals surface area contributed by atoms with E-state index in [1.54, 1.807) is 12.1 Å². The molecule has 0 aliphatic heterocycles. The smallest absolute Gasteiger partial charge is 0.267 e. The van der Waals surface area contributed by atoms with Crippen LogP contribution in [-0.2, 0) is 0 Å².